The average molecular weight is 260 g/mol. The van der Waals surface area contributed by atoms with Crippen molar-refractivity contribution < 1.29 is 14.2 Å². The Kier molecular flexibility index (Phi) is 2.69. The molecule has 3 fully saturated rings. The summed E-state index contributed by atoms with van der Waals surface area (Å²) in [5.74, 6) is 2.64. The summed E-state index contributed by atoms with van der Waals surface area (Å²) in [6.07, 6.45) is 6.47. The molecule has 1 aliphatic heterocycles. The highest BCUT2D eigenvalue weighted by molar-refractivity contribution is 5.31. The van der Waals surface area contributed by atoms with Crippen LogP contribution in [-0.2, 0) is 4.74 Å². The van der Waals surface area contributed by atoms with Crippen molar-refractivity contribution in [3.8, 4) is 11.5 Å². The molecule has 1 aromatic rings. The van der Waals surface area contributed by atoms with Crippen LogP contribution in [0.2, 0.25) is 0 Å². The molecule has 2 aliphatic carbocycles. The van der Waals surface area contributed by atoms with Gasteiger partial charge < -0.3 is 14.2 Å². The average Bonchev–Trinajstić information content (AvgIpc) is 3.04. The molecule has 4 rings (SSSR count). The molecule has 2 atom stereocenters. The van der Waals surface area contributed by atoms with Crippen molar-refractivity contribution in [2.75, 3.05) is 13.2 Å². The number of rotatable bonds is 5. The monoisotopic (exact) mass is 260 g/mol. The summed E-state index contributed by atoms with van der Waals surface area (Å²) in [4.78, 5) is 0. The van der Waals surface area contributed by atoms with Gasteiger partial charge in [-0.25, -0.2) is 0 Å². The Morgan fingerprint density at radius 2 is 1.89 bits per heavy atom. The van der Waals surface area contributed by atoms with E-state index in [1.165, 1.54) is 25.7 Å². The van der Waals surface area contributed by atoms with Gasteiger partial charge in [-0.2, -0.15) is 0 Å². The fourth-order valence-corrected chi connectivity index (χ4v) is 3.15. The SMILES string of the molecule is c1cc(OC2CC2)ccc1OCC12CCC(CO1)C2. The van der Waals surface area contributed by atoms with E-state index in [0.29, 0.717) is 12.7 Å². The van der Waals surface area contributed by atoms with Crippen LogP contribution in [0.4, 0.5) is 0 Å². The van der Waals surface area contributed by atoms with Gasteiger partial charge in [0.25, 0.3) is 0 Å². The molecule has 3 aliphatic rings. The Balaban J connectivity index is 1.34. The third-order valence-corrected chi connectivity index (χ3v) is 4.45. The molecule has 2 bridgehead atoms. The number of hydrogen-bond donors (Lipinski definition) is 0. The normalized spacial score (nSPS) is 32.5. The van der Waals surface area contributed by atoms with E-state index in [-0.39, 0.29) is 5.60 Å². The topological polar surface area (TPSA) is 27.7 Å². The highest BCUT2D eigenvalue weighted by Gasteiger charge is 2.46. The molecule has 102 valence electrons. The van der Waals surface area contributed by atoms with Gasteiger partial charge >= 0.3 is 0 Å². The summed E-state index contributed by atoms with van der Waals surface area (Å²) in [5.41, 5.74) is 0.00779. The smallest absolute Gasteiger partial charge is 0.119 e. The van der Waals surface area contributed by atoms with Crippen molar-refractivity contribution in [1.82, 2.24) is 0 Å². The van der Waals surface area contributed by atoms with Gasteiger partial charge in [0.15, 0.2) is 0 Å². The molecule has 1 saturated heterocycles. The molecule has 0 aromatic heterocycles. The van der Waals surface area contributed by atoms with Crippen LogP contribution in [0.25, 0.3) is 0 Å². The van der Waals surface area contributed by atoms with Crippen molar-refractivity contribution >= 4 is 0 Å². The molecule has 2 unspecified atom stereocenters. The summed E-state index contributed by atoms with van der Waals surface area (Å²) < 4.78 is 17.5. The second-order valence-corrected chi connectivity index (χ2v) is 6.18. The van der Waals surface area contributed by atoms with Gasteiger partial charge in [0.05, 0.1) is 12.7 Å². The number of ether oxygens (including phenoxy) is 3. The molecule has 0 N–H and O–H groups in total. The van der Waals surface area contributed by atoms with E-state index in [1.807, 2.05) is 24.3 Å². The van der Waals surface area contributed by atoms with Gasteiger partial charge in [0.2, 0.25) is 0 Å². The zero-order chi connectivity index (χ0) is 12.7. The minimum atomic E-state index is 0.00779. The predicted molar refractivity (Wildman–Crippen MR) is 71.6 cm³/mol. The molecule has 1 aromatic carbocycles. The molecular formula is C16H20O3. The van der Waals surface area contributed by atoms with Gasteiger partial charge in [-0.15, -0.1) is 0 Å². The van der Waals surface area contributed by atoms with Gasteiger partial charge in [-0.3, -0.25) is 0 Å². The first-order valence-corrected chi connectivity index (χ1v) is 7.35. The molecular weight excluding hydrogens is 240 g/mol. The fourth-order valence-electron chi connectivity index (χ4n) is 3.15. The summed E-state index contributed by atoms with van der Waals surface area (Å²) >= 11 is 0. The molecule has 19 heavy (non-hydrogen) atoms. The quantitative estimate of drug-likeness (QED) is 0.814. The number of hydrogen-bond acceptors (Lipinski definition) is 3. The number of fused-ring (bicyclic) bond motifs is 2. The summed E-state index contributed by atoms with van der Waals surface area (Å²) in [6.45, 7) is 1.61. The van der Waals surface area contributed by atoms with E-state index in [4.69, 9.17) is 14.2 Å². The maximum Gasteiger partial charge on any atom is 0.119 e. The van der Waals surface area contributed by atoms with Gasteiger partial charge in [-0.1, -0.05) is 0 Å². The fraction of sp³-hybridized carbons (Fsp3) is 0.625. The van der Waals surface area contributed by atoms with Crippen LogP contribution in [0.1, 0.15) is 32.1 Å². The van der Waals surface area contributed by atoms with E-state index < -0.39 is 0 Å². The molecule has 0 radical (unpaired) electrons. The molecule has 0 spiro atoms. The van der Waals surface area contributed by atoms with Crippen molar-refractivity contribution in [3.63, 3.8) is 0 Å². The standard InChI is InChI=1S/C16H20O3/c1-3-14(19-15-5-6-15)4-2-13(1)17-11-16-8-7-12(9-16)10-18-16/h1-4,12,15H,5-11H2. The van der Waals surface area contributed by atoms with E-state index in [9.17, 15) is 0 Å². The highest BCUT2D eigenvalue weighted by atomic mass is 16.5. The molecule has 1 heterocycles. The Bertz CT molecular complexity index is 442. The summed E-state index contributed by atoms with van der Waals surface area (Å²) in [5, 5.41) is 0. The first kappa shape index (κ1) is 11.6. The summed E-state index contributed by atoms with van der Waals surface area (Å²) in [7, 11) is 0. The highest BCUT2D eigenvalue weighted by Crippen LogP contribution is 2.44. The minimum absolute atomic E-state index is 0.00779. The van der Waals surface area contributed by atoms with Gasteiger partial charge in [0.1, 0.15) is 23.7 Å². The van der Waals surface area contributed by atoms with Crippen molar-refractivity contribution in [1.29, 1.82) is 0 Å². The summed E-state index contributed by atoms with van der Waals surface area (Å²) in [6, 6.07) is 7.99. The first-order chi connectivity index (χ1) is 9.31. The predicted octanol–water partition coefficient (Wildman–Crippen LogP) is 3.18. The Morgan fingerprint density at radius 1 is 1.11 bits per heavy atom. The van der Waals surface area contributed by atoms with E-state index in [0.717, 1.165) is 30.4 Å². The van der Waals surface area contributed by atoms with Crippen molar-refractivity contribution in [2.45, 2.75) is 43.8 Å². The molecule has 2 saturated carbocycles. The van der Waals surface area contributed by atoms with Crippen LogP contribution < -0.4 is 9.47 Å². The Hall–Kier alpha value is -1.22. The van der Waals surface area contributed by atoms with E-state index >= 15 is 0 Å². The van der Waals surface area contributed by atoms with Gasteiger partial charge in [0, 0.05) is 0 Å². The lowest BCUT2D eigenvalue weighted by Crippen LogP contribution is -2.34. The molecule has 3 heteroatoms. The second-order valence-electron chi connectivity index (χ2n) is 6.18. The largest absolute Gasteiger partial charge is 0.491 e. The minimum Gasteiger partial charge on any atom is -0.491 e. The van der Waals surface area contributed by atoms with Crippen LogP contribution >= 0.6 is 0 Å². The van der Waals surface area contributed by atoms with Crippen LogP contribution in [0.5, 0.6) is 11.5 Å². The van der Waals surface area contributed by atoms with Crippen LogP contribution in [0.15, 0.2) is 24.3 Å². The maximum absolute atomic E-state index is 5.91. The van der Waals surface area contributed by atoms with Crippen LogP contribution in [-0.4, -0.2) is 24.9 Å². The molecule has 0 amide bonds. The third kappa shape index (κ3) is 2.44. The van der Waals surface area contributed by atoms with Crippen molar-refractivity contribution in [2.24, 2.45) is 5.92 Å². The maximum atomic E-state index is 5.91. The lowest BCUT2D eigenvalue weighted by Gasteiger charge is -2.26. The van der Waals surface area contributed by atoms with Gasteiger partial charge in [-0.05, 0) is 62.3 Å². The zero-order valence-corrected chi connectivity index (χ0v) is 11.1. The van der Waals surface area contributed by atoms with Crippen molar-refractivity contribution in [3.05, 3.63) is 24.3 Å². The Labute approximate surface area is 113 Å². The molecule has 3 nitrogen and oxygen atoms in total. The van der Waals surface area contributed by atoms with Crippen LogP contribution in [0, 0.1) is 5.92 Å². The Morgan fingerprint density at radius 3 is 2.47 bits per heavy atom. The van der Waals surface area contributed by atoms with E-state index in [1.54, 1.807) is 0 Å². The zero-order valence-electron chi connectivity index (χ0n) is 11.1. The lowest BCUT2D eigenvalue weighted by molar-refractivity contribution is -0.0461. The second kappa shape index (κ2) is 4.41. The third-order valence-electron chi connectivity index (χ3n) is 4.45. The first-order valence-electron chi connectivity index (χ1n) is 7.35. The number of benzene rings is 1. The lowest BCUT2D eigenvalue weighted by atomic mass is 10.0. The van der Waals surface area contributed by atoms with Crippen LogP contribution in [0.3, 0.4) is 0 Å². The van der Waals surface area contributed by atoms with E-state index in [2.05, 4.69) is 0 Å².